The zero-order valence-corrected chi connectivity index (χ0v) is 13.8. The number of esters is 1. The number of nitrogens with two attached hydrogens (primary N) is 1. The smallest absolute Gasteiger partial charge is 0.343 e. The minimum Gasteiger partial charge on any atom is -0.462 e. The standard InChI is InChI=1S/C15H24N2O3S/c1-4-6-7-8-9-17-14-11(15(19)20-5-2)12(16)13(21-14)10(3)18/h17H,4-9,16H2,1-3H3. The molecule has 0 atom stereocenters. The predicted molar refractivity (Wildman–Crippen MR) is 87.3 cm³/mol. The van der Waals surface area contributed by atoms with Crippen molar-refractivity contribution in [1.82, 2.24) is 0 Å². The number of hydrogen-bond donors (Lipinski definition) is 2. The lowest BCUT2D eigenvalue weighted by Crippen LogP contribution is -2.11. The van der Waals surface area contributed by atoms with Crippen LogP contribution in [0.25, 0.3) is 0 Å². The molecule has 21 heavy (non-hydrogen) atoms. The van der Waals surface area contributed by atoms with E-state index in [4.69, 9.17) is 10.5 Å². The molecule has 0 saturated heterocycles. The Morgan fingerprint density at radius 3 is 2.52 bits per heavy atom. The maximum absolute atomic E-state index is 12.0. The van der Waals surface area contributed by atoms with Crippen molar-refractivity contribution >= 4 is 33.8 Å². The van der Waals surface area contributed by atoms with Crippen LogP contribution in [-0.4, -0.2) is 24.9 Å². The van der Waals surface area contributed by atoms with Crippen molar-refractivity contribution in [1.29, 1.82) is 0 Å². The minimum atomic E-state index is -0.477. The molecule has 0 aromatic carbocycles. The van der Waals surface area contributed by atoms with Gasteiger partial charge in [-0.3, -0.25) is 4.79 Å². The van der Waals surface area contributed by atoms with Crippen molar-refractivity contribution in [3.63, 3.8) is 0 Å². The first-order valence-electron chi connectivity index (χ1n) is 7.37. The van der Waals surface area contributed by atoms with Crippen molar-refractivity contribution in [3.8, 4) is 0 Å². The van der Waals surface area contributed by atoms with Crippen molar-refractivity contribution < 1.29 is 14.3 Å². The van der Waals surface area contributed by atoms with Crippen LogP contribution in [-0.2, 0) is 4.74 Å². The fourth-order valence-corrected chi connectivity index (χ4v) is 3.02. The molecule has 0 saturated carbocycles. The summed E-state index contributed by atoms with van der Waals surface area (Å²) < 4.78 is 5.02. The highest BCUT2D eigenvalue weighted by Gasteiger charge is 2.24. The van der Waals surface area contributed by atoms with Gasteiger partial charge in [-0.1, -0.05) is 26.2 Å². The average Bonchev–Trinajstić information content (AvgIpc) is 2.76. The summed E-state index contributed by atoms with van der Waals surface area (Å²) in [6.45, 7) is 6.38. The summed E-state index contributed by atoms with van der Waals surface area (Å²) in [5.41, 5.74) is 6.46. The molecular formula is C15H24N2O3S. The van der Waals surface area contributed by atoms with E-state index in [-0.39, 0.29) is 18.1 Å². The van der Waals surface area contributed by atoms with E-state index in [9.17, 15) is 9.59 Å². The third-order valence-corrected chi connectivity index (χ3v) is 4.32. The highest BCUT2D eigenvalue weighted by molar-refractivity contribution is 7.19. The van der Waals surface area contributed by atoms with Crippen LogP contribution in [0, 0.1) is 0 Å². The molecule has 1 heterocycles. The second kappa shape index (κ2) is 8.67. The Morgan fingerprint density at radius 2 is 1.95 bits per heavy atom. The van der Waals surface area contributed by atoms with Gasteiger partial charge in [0, 0.05) is 13.5 Å². The maximum Gasteiger partial charge on any atom is 0.343 e. The number of nitrogen functional groups attached to an aromatic ring is 1. The molecule has 1 aromatic rings. The lowest BCUT2D eigenvalue weighted by atomic mass is 10.2. The normalized spacial score (nSPS) is 10.4. The second-order valence-corrected chi connectivity index (χ2v) is 5.83. The summed E-state index contributed by atoms with van der Waals surface area (Å²) in [5.74, 6) is -0.614. The molecule has 1 rings (SSSR count). The predicted octanol–water partition coefficient (Wildman–Crippen LogP) is 3.70. The molecule has 0 aliphatic rings. The minimum absolute atomic E-state index is 0.137. The fourth-order valence-electron chi connectivity index (χ4n) is 1.99. The van der Waals surface area contributed by atoms with Crippen molar-refractivity contribution in [2.45, 2.75) is 46.5 Å². The molecule has 1 aromatic heterocycles. The lowest BCUT2D eigenvalue weighted by molar-refractivity contribution is 0.0529. The first-order chi connectivity index (χ1) is 10.0. The van der Waals surface area contributed by atoms with E-state index in [1.807, 2.05) is 0 Å². The van der Waals surface area contributed by atoms with Gasteiger partial charge in [0.15, 0.2) is 5.78 Å². The van der Waals surface area contributed by atoms with Crippen LogP contribution in [0.15, 0.2) is 0 Å². The Kier molecular flexibility index (Phi) is 7.22. The maximum atomic E-state index is 12.0. The molecule has 118 valence electrons. The fraction of sp³-hybridized carbons (Fsp3) is 0.600. The molecular weight excluding hydrogens is 288 g/mol. The van der Waals surface area contributed by atoms with E-state index >= 15 is 0 Å². The van der Waals surface area contributed by atoms with Crippen LogP contribution in [0.3, 0.4) is 0 Å². The SMILES string of the molecule is CCCCCCNc1sc(C(C)=O)c(N)c1C(=O)OCC. The summed E-state index contributed by atoms with van der Waals surface area (Å²) >= 11 is 1.23. The molecule has 0 unspecified atom stereocenters. The number of rotatable bonds is 9. The first kappa shape index (κ1) is 17.5. The van der Waals surface area contributed by atoms with Crippen LogP contribution in [0.1, 0.15) is 66.5 Å². The second-order valence-electron chi connectivity index (χ2n) is 4.81. The Bertz CT molecular complexity index is 497. The van der Waals surface area contributed by atoms with Crippen molar-refractivity contribution in [2.75, 3.05) is 24.2 Å². The molecule has 0 radical (unpaired) electrons. The first-order valence-corrected chi connectivity index (χ1v) is 8.18. The number of carbonyl (C=O) groups is 2. The largest absolute Gasteiger partial charge is 0.462 e. The zero-order chi connectivity index (χ0) is 15.8. The molecule has 0 fully saturated rings. The highest BCUT2D eigenvalue weighted by Crippen LogP contribution is 2.36. The number of Topliss-reactive ketones (excluding diaryl/α,β-unsaturated/α-hetero) is 1. The van der Waals surface area contributed by atoms with E-state index in [1.54, 1.807) is 6.92 Å². The van der Waals surface area contributed by atoms with Crippen LogP contribution < -0.4 is 11.1 Å². The van der Waals surface area contributed by atoms with Gasteiger partial charge in [0.1, 0.15) is 10.6 Å². The van der Waals surface area contributed by atoms with Gasteiger partial charge in [0.25, 0.3) is 0 Å². The van der Waals surface area contributed by atoms with Gasteiger partial charge < -0.3 is 15.8 Å². The number of unbranched alkanes of at least 4 members (excludes halogenated alkanes) is 3. The number of ketones is 1. The number of hydrogen-bond acceptors (Lipinski definition) is 6. The Balaban J connectivity index is 2.87. The van der Waals surface area contributed by atoms with Gasteiger partial charge in [-0.15, -0.1) is 11.3 Å². The van der Waals surface area contributed by atoms with Gasteiger partial charge >= 0.3 is 5.97 Å². The van der Waals surface area contributed by atoms with E-state index in [1.165, 1.54) is 31.1 Å². The molecule has 0 spiro atoms. The molecule has 0 amide bonds. The van der Waals surface area contributed by atoms with Gasteiger partial charge in [0.05, 0.1) is 17.2 Å². The molecule has 3 N–H and O–H groups in total. The molecule has 5 nitrogen and oxygen atoms in total. The van der Waals surface area contributed by atoms with E-state index in [0.29, 0.717) is 15.4 Å². The summed E-state index contributed by atoms with van der Waals surface area (Å²) in [6.07, 6.45) is 4.52. The van der Waals surface area contributed by atoms with Crippen LogP contribution in [0.5, 0.6) is 0 Å². The third-order valence-electron chi connectivity index (χ3n) is 3.06. The van der Waals surface area contributed by atoms with Crippen LogP contribution in [0.2, 0.25) is 0 Å². The van der Waals surface area contributed by atoms with Gasteiger partial charge in [0.2, 0.25) is 0 Å². The molecule has 0 bridgehead atoms. The van der Waals surface area contributed by atoms with Gasteiger partial charge in [-0.25, -0.2) is 4.79 Å². The number of thiophene rings is 1. The third kappa shape index (κ3) is 4.74. The Hall–Kier alpha value is -1.56. The summed E-state index contributed by atoms with van der Waals surface area (Å²) in [5, 5.41) is 3.85. The Morgan fingerprint density at radius 1 is 1.24 bits per heavy atom. The van der Waals surface area contributed by atoms with E-state index < -0.39 is 5.97 Å². The average molecular weight is 312 g/mol. The monoisotopic (exact) mass is 312 g/mol. The van der Waals surface area contributed by atoms with E-state index in [0.717, 1.165) is 19.4 Å². The zero-order valence-electron chi connectivity index (χ0n) is 13.0. The topological polar surface area (TPSA) is 81.4 Å². The molecule has 6 heteroatoms. The number of ether oxygens (including phenoxy) is 1. The summed E-state index contributed by atoms with van der Waals surface area (Å²) in [6, 6.07) is 0. The molecule has 0 aliphatic carbocycles. The molecule has 0 aliphatic heterocycles. The Labute approximate surface area is 129 Å². The van der Waals surface area contributed by atoms with Crippen molar-refractivity contribution in [2.24, 2.45) is 0 Å². The quantitative estimate of drug-likeness (QED) is 0.413. The number of carbonyl (C=O) groups excluding carboxylic acids is 2. The van der Waals surface area contributed by atoms with Gasteiger partial charge in [-0.05, 0) is 13.3 Å². The number of anilines is 2. The lowest BCUT2D eigenvalue weighted by Gasteiger charge is -2.07. The van der Waals surface area contributed by atoms with Gasteiger partial charge in [-0.2, -0.15) is 0 Å². The number of nitrogens with one attached hydrogen (secondary N) is 1. The summed E-state index contributed by atoms with van der Waals surface area (Å²) in [4.78, 5) is 24.0. The summed E-state index contributed by atoms with van der Waals surface area (Å²) in [7, 11) is 0. The van der Waals surface area contributed by atoms with Crippen LogP contribution in [0.4, 0.5) is 10.7 Å². The van der Waals surface area contributed by atoms with Crippen molar-refractivity contribution in [3.05, 3.63) is 10.4 Å². The van der Waals surface area contributed by atoms with E-state index in [2.05, 4.69) is 12.2 Å². The highest BCUT2D eigenvalue weighted by atomic mass is 32.1. The van der Waals surface area contributed by atoms with Crippen LogP contribution >= 0.6 is 11.3 Å².